The van der Waals surface area contributed by atoms with Gasteiger partial charge < -0.3 is 4.74 Å². The van der Waals surface area contributed by atoms with E-state index in [0.29, 0.717) is 11.9 Å². The van der Waals surface area contributed by atoms with E-state index in [1.807, 2.05) is 6.07 Å². The molecule has 86 valence electrons. The first-order chi connectivity index (χ1) is 6.88. The first-order valence-electron chi connectivity index (χ1n) is 4.85. The highest BCUT2D eigenvalue weighted by Crippen LogP contribution is 2.12. The summed E-state index contributed by atoms with van der Waals surface area (Å²) in [5.74, 6) is 0. The van der Waals surface area contributed by atoms with Gasteiger partial charge in [0.25, 0.3) is 0 Å². The minimum Gasteiger partial charge on any atom is -0.359 e. The molecule has 1 rings (SSSR count). The Morgan fingerprint density at radius 2 is 2.20 bits per heavy atom. The van der Waals surface area contributed by atoms with Gasteiger partial charge in [-0.15, -0.1) is 0 Å². The highest BCUT2D eigenvalue weighted by atomic mass is 127. The van der Waals surface area contributed by atoms with Crippen LogP contribution in [0.3, 0.4) is 0 Å². The van der Waals surface area contributed by atoms with E-state index in [2.05, 4.69) is 47.3 Å². The van der Waals surface area contributed by atoms with Gasteiger partial charge >= 0.3 is 0 Å². The molecule has 0 unspecified atom stereocenters. The third-order valence-electron chi connectivity index (χ3n) is 1.91. The monoisotopic (exact) mass is 358 g/mol. The molecule has 0 fully saturated rings. The van der Waals surface area contributed by atoms with Crippen molar-refractivity contribution in [2.24, 2.45) is 0 Å². The van der Waals surface area contributed by atoms with Gasteiger partial charge in [-0.3, -0.25) is 0 Å². The number of halogens is 2. The number of hydrogen-bond acceptors (Lipinski definition) is 2. The van der Waals surface area contributed by atoms with Gasteiger partial charge in [-0.05, 0) is 28.6 Å². The van der Waals surface area contributed by atoms with E-state index in [1.54, 1.807) is 4.68 Å². The van der Waals surface area contributed by atoms with Crippen LogP contribution in [0.4, 0.5) is 0 Å². The molecule has 0 aliphatic heterocycles. The fraction of sp³-hybridized carbons (Fsp3) is 0.667. The van der Waals surface area contributed by atoms with Crippen LogP contribution in [0.25, 0.3) is 0 Å². The number of nitrogens with zero attached hydrogens (tertiary/aromatic N) is 2. The summed E-state index contributed by atoms with van der Waals surface area (Å²) >= 11 is 7.96. The highest BCUT2D eigenvalue weighted by molar-refractivity contribution is 14.1. The summed E-state index contributed by atoms with van der Waals surface area (Å²) in [6, 6.07) is 3.00. The number of rotatable bonds is 5. The summed E-state index contributed by atoms with van der Waals surface area (Å²) in [5.41, 5.74) is 0. The molecule has 6 heteroatoms. The number of aromatic nitrogens is 2. The molecule has 1 heterocycles. The lowest BCUT2D eigenvalue weighted by atomic mass is 10.7. The SMILES string of the molecule is C[Si](C)(C)CCOCn1nc(Cl)cc1I. The van der Waals surface area contributed by atoms with Gasteiger partial charge in [-0.2, -0.15) is 5.10 Å². The molecule has 1 aromatic heterocycles. The van der Waals surface area contributed by atoms with Crippen LogP contribution in [-0.2, 0) is 11.5 Å². The molecular weight excluding hydrogens is 343 g/mol. The predicted octanol–water partition coefficient (Wildman–Crippen LogP) is 3.45. The number of hydrogen-bond donors (Lipinski definition) is 0. The van der Waals surface area contributed by atoms with Crippen LogP contribution in [0.5, 0.6) is 0 Å². The second kappa shape index (κ2) is 5.65. The van der Waals surface area contributed by atoms with E-state index in [1.165, 1.54) is 6.04 Å². The Balaban J connectivity index is 2.29. The maximum Gasteiger partial charge on any atom is 0.152 e. The highest BCUT2D eigenvalue weighted by Gasteiger charge is 2.12. The van der Waals surface area contributed by atoms with E-state index in [9.17, 15) is 0 Å². The van der Waals surface area contributed by atoms with Crippen LogP contribution >= 0.6 is 34.2 Å². The van der Waals surface area contributed by atoms with Gasteiger partial charge in [0.15, 0.2) is 5.15 Å². The first-order valence-corrected chi connectivity index (χ1v) is 10.0. The summed E-state index contributed by atoms with van der Waals surface area (Å²) in [4.78, 5) is 0. The molecule has 0 amide bonds. The molecular formula is C9H16ClIN2OSi. The van der Waals surface area contributed by atoms with Crippen molar-refractivity contribution in [3.8, 4) is 0 Å². The Kier molecular flexibility index (Phi) is 5.08. The van der Waals surface area contributed by atoms with E-state index < -0.39 is 8.07 Å². The normalized spacial score (nSPS) is 12.1. The minimum atomic E-state index is -0.986. The number of ether oxygens (including phenoxy) is 1. The van der Waals surface area contributed by atoms with Crippen LogP contribution in [-0.4, -0.2) is 24.5 Å². The summed E-state index contributed by atoms with van der Waals surface area (Å²) in [6.07, 6.45) is 0. The fourth-order valence-corrected chi connectivity index (χ4v) is 2.66. The summed E-state index contributed by atoms with van der Waals surface area (Å²) in [6.45, 7) is 8.32. The standard InChI is InChI=1S/C9H16ClIN2OSi/c1-15(2,3)5-4-14-7-13-9(11)6-8(10)12-13/h6H,4-5,7H2,1-3H3. The lowest BCUT2D eigenvalue weighted by Gasteiger charge is -2.15. The molecule has 1 aromatic rings. The zero-order chi connectivity index (χ0) is 11.5. The van der Waals surface area contributed by atoms with Crippen LogP contribution in [0.1, 0.15) is 0 Å². The van der Waals surface area contributed by atoms with Gasteiger partial charge in [0.2, 0.25) is 0 Å². The molecule has 0 aromatic carbocycles. The van der Waals surface area contributed by atoms with Crippen molar-refractivity contribution in [3.63, 3.8) is 0 Å². The first kappa shape index (κ1) is 13.5. The summed E-state index contributed by atoms with van der Waals surface area (Å²) in [7, 11) is -0.986. The third-order valence-corrected chi connectivity index (χ3v) is 4.67. The van der Waals surface area contributed by atoms with Crippen molar-refractivity contribution >= 4 is 42.3 Å². The van der Waals surface area contributed by atoms with Crippen LogP contribution < -0.4 is 0 Å². The Bertz CT molecular complexity index is 324. The second-order valence-corrected chi connectivity index (χ2v) is 11.8. The molecule has 0 atom stereocenters. The van der Waals surface area contributed by atoms with Crippen molar-refractivity contribution in [2.45, 2.75) is 32.4 Å². The minimum absolute atomic E-state index is 0.496. The van der Waals surface area contributed by atoms with Gasteiger partial charge in [0.05, 0.1) is 0 Å². The molecule has 0 saturated heterocycles. The van der Waals surface area contributed by atoms with E-state index in [0.717, 1.165) is 10.3 Å². The molecule has 0 aliphatic carbocycles. The molecule has 3 nitrogen and oxygen atoms in total. The van der Waals surface area contributed by atoms with Gasteiger partial charge in [0, 0.05) is 20.7 Å². The quantitative estimate of drug-likeness (QED) is 0.458. The molecule has 0 saturated carbocycles. The Morgan fingerprint density at radius 3 is 2.67 bits per heavy atom. The summed E-state index contributed by atoms with van der Waals surface area (Å²) in [5, 5.41) is 4.63. The molecule has 0 bridgehead atoms. The molecule has 0 radical (unpaired) electrons. The van der Waals surface area contributed by atoms with E-state index in [-0.39, 0.29) is 0 Å². The van der Waals surface area contributed by atoms with Crippen molar-refractivity contribution in [2.75, 3.05) is 6.61 Å². The van der Waals surface area contributed by atoms with Gasteiger partial charge in [-0.25, -0.2) is 4.68 Å². The van der Waals surface area contributed by atoms with Crippen molar-refractivity contribution < 1.29 is 4.74 Å². The Hall–Kier alpha value is 0.407. The Morgan fingerprint density at radius 1 is 1.53 bits per heavy atom. The second-order valence-electron chi connectivity index (χ2n) is 4.64. The van der Waals surface area contributed by atoms with Gasteiger partial charge in [-0.1, -0.05) is 31.2 Å². The van der Waals surface area contributed by atoms with Gasteiger partial charge in [0.1, 0.15) is 10.4 Å². The molecule has 0 aliphatic rings. The smallest absolute Gasteiger partial charge is 0.152 e. The van der Waals surface area contributed by atoms with Crippen LogP contribution in [0, 0.1) is 3.70 Å². The largest absolute Gasteiger partial charge is 0.359 e. The molecule has 0 N–H and O–H groups in total. The van der Waals surface area contributed by atoms with Crippen molar-refractivity contribution in [1.82, 2.24) is 9.78 Å². The topological polar surface area (TPSA) is 27.1 Å². The summed E-state index contributed by atoms with van der Waals surface area (Å²) < 4.78 is 8.34. The lowest BCUT2D eigenvalue weighted by Crippen LogP contribution is -2.22. The average Bonchev–Trinajstić information content (AvgIpc) is 2.37. The van der Waals surface area contributed by atoms with Crippen molar-refractivity contribution in [3.05, 3.63) is 14.9 Å². The van der Waals surface area contributed by atoms with Crippen molar-refractivity contribution in [1.29, 1.82) is 0 Å². The maximum atomic E-state index is 5.77. The van der Waals surface area contributed by atoms with Crippen LogP contribution in [0.2, 0.25) is 30.8 Å². The van der Waals surface area contributed by atoms with Crippen LogP contribution in [0.15, 0.2) is 6.07 Å². The average molecular weight is 359 g/mol. The van der Waals surface area contributed by atoms with E-state index in [4.69, 9.17) is 16.3 Å². The molecule has 15 heavy (non-hydrogen) atoms. The lowest BCUT2D eigenvalue weighted by molar-refractivity contribution is 0.0768. The molecule has 0 spiro atoms. The Labute approximate surface area is 110 Å². The zero-order valence-corrected chi connectivity index (χ0v) is 13.2. The fourth-order valence-electron chi connectivity index (χ4n) is 0.985. The third kappa shape index (κ3) is 5.33. The zero-order valence-electron chi connectivity index (χ0n) is 9.26. The predicted molar refractivity (Wildman–Crippen MR) is 74.1 cm³/mol. The maximum absolute atomic E-state index is 5.77. The van der Waals surface area contributed by atoms with E-state index >= 15 is 0 Å².